The van der Waals surface area contributed by atoms with Crippen LogP contribution in [0.5, 0.6) is 5.88 Å². The molecule has 0 radical (unpaired) electrons. The Morgan fingerprint density at radius 3 is 2.69 bits per heavy atom. The lowest BCUT2D eigenvalue weighted by Crippen LogP contribution is -1.95. The average Bonchev–Trinajstić information content (AvgIpc) is 2.03. The molecule has 0 bridgehead atoms. The molecule has 7 heteroatoms. The number of ether oxygens (including phenoxy) is 1. The second kappa shape index (κ2) is 3.81. The lowest BCUT2D eigenvalue weighted by Gasteiger charge is -2.02. The third-order valence-corrected chi connectivity index (χ3v) is 3.52. The van der Waals surface area contributed by atoms with Gasteiger partial charge in [0.05, 0.1) is 11.6 Å². The lowest BCUT2D eigenvalue weighted by atomic mass is 10.5. The first-order valence-electron chi connectivity index (χ1n) is 3.09. The highest BCUT2D eigenvalue weighted by atomic mass is 79.9. The fourth-order valence-corrected chi connectivity index (χ4v) is 2.75. The van der Waals surface area contributed by atoms with Crippen LogP contribution in [0.1, 0.15) is 0 Å². The Morgan fingerprint density at radius 2 is 2.23 bits per heavy atom. The maximum atomic E-state index is 11.0. The van der Waals surface area contributed by atoms with Gasteiger partial charge in [0.1, 0.15) is 4.90 Å². The molecule has 0 atom stereocenters. The molecule has 13 heavy (non-hydrogen) atoms. The van der Waals surface area contributed by atoms with Crippen LogP contribution < -0.4 is 4.74 Å². The Kier molecular flexibility index (Phi) is 3.15. The van der Waals surface area contributed by atoms with E-state index in [2.05, 4.69) is 20.9 Å². The van der Waals surface area contributed by atoms with E-state index in [1.807, 2.05) is 0 Å². The van der Waals surface area contributed by atoms with Crippen molar-refractivity contribution < 1.29 is 13.2 Å². The fraction of sp³-hybridized carbons (Fsp3) is 0.167. The Bertz CT molecular complexity index is 420. The minimum Gasteiger partial charge on any atom is -0.481 e. The molecular weight excluding hydrogens is 281 g/mol. The van der Waals surface area contributed by atoms with Crippen molar-refractivity contribution in [2.24, 2.45) is 0 Å². The van der Waals surface area contributed by atoms with Gasteiger partial charge >= 0.3 is 0 Å². The Balaban J connectivity index is 3.36. The summed E-state index contributed by atoms with van der Waals surface area (Å²) < 4.78 is 27.0. The van der Waals surface area contributed by atoms with Crippen molar-refractivity contribution in [1.29, 1.82) is 0 Å². The topological polar surface area (TPSA) is 56.3 Å². The Labute approximate surface area is 88.4 Å². The normalized spacial score (nSPS) is 11.3. The molecule has 0 aliphatic rings. The quantitative estimate of drug-likeness (QED) is 0.778. The van der Waals surface area contributed by atoms with Crippen LogP contribution in [0.3, 0.4) is 0 Å². The van der Waals surface area contributed by atoms with Gasteiger partial charge in [-0.05, 0) is 15.9 Å². The number of rotatable bonds is 2. The summed E-state index contributed by atoms with van der Waals surface area (Å²) in [7, 11) is 2.78. The van der Waals surface area contributed by atoms with Crippen molar-refractivity contribution >= 4 is 35.7 Å². The highest BCUT2D eigenvalue weighted by molar-refractivity contribution is 9.10. The van der Waals surface area contributed by atoms with E-state index in [0.29, 0.717) is 4.47 Å². The van der Waals surface area contributed by atoms with E-state index in [9.17, 15) is 8.42 Å². The lowest BCUT2D eigenvalue weighted by molar-refractivity contribution is 0.396. The molecular formula is C6H5BrClNO3S. The molecule has 0 aliphatic carbocycles. The molecule has 1 aromatic heterocycles. The first-order valence-corrected chi connectivity index (χ1v) is 6.19. The first-order chi connectivity index (χ1) is 5.95. The van der Waals surface area contributed by atoms with E-state index < -0.39 is 9.05 Å². The van der Waals surface area contributed by atoms with Gasteiger partial charge in [-0.1, -0.05) is 0 Å². The van der Waals surface area contributed by atoms with E-state index in [1.54, 1.807) is 0 Å². The number of hydrogen-bond acceptors (Lipinski definition) is 4. The van der Waals surface area contributed by atoms with Crippen LogP contribution in [-0.2, 0) is 9.05 Å². The van der Waals surface area contributed by atoms with Crippen molar-refractivity contribution in [1.82, 2.24) is 4.98 Å². The van der Waals surface area contributed by atoms with Gasteiger partial charge in [0.2, 0.25) is 5.88 Å². The summed E-state index contributed by atoms with van der Waals surface area (Å²) in [6, 6.07) is 1.24. The van der Waals surface area contributed by atoms with Crippen LogP contribution in [0.25, 0.3) is 0 Å². The number of nitrogens with zero attached hydrogens (tertiary/aromatic N) is 1. The third kappa shape index (κ3) is 2.55. The van der Waals surface area contributed by atoms with Crippen molar-refractivity contribution in [3.8, 4) is 5.88 Å². The summed E-state index contributed by atoms with van der Waals surface area (Å²) in [5.74, 6) is 0.197. The van der Waals surface area contributed by atoms with Gasteiger partial charge < -0.3 is 4.74 Å². The molecule has 0 saturated heterocycles. The second-order valence-corrected chi connectivity index (χ2v) is 5.48. The summed E-state index contributed by atoms with van der Waals surface area (Å²) in [5, 5.41) is 0. The summed E-state index contributed by atoms with van der Waals surface area (Å²) in [5.41, 5.74) is 0. The van der Waals surface area contributed by atoms with Crippen LogP contribution in [-0.4, -0.2) is 20.5 Å². The maximum absolute atomic E-state index is 11.0. The van der Waals surface area contributed by atoms with E-state index >= 15 is 0 Å². The number of halogens is 2. The SMILES string of the molecule is COc1cc(S(=O)(=O)Cl)c(Br)cn1. The largest absolute Gasteiger partial charge is 0.481 e. The summed E-state index contributed by atoms with van der Waals surface area (Å²) in [6.07, 6.45) is 1.31. The van der Waals surface area contributed by atoms with Crippen molar-refractivity contribution in [3.05, 3.63) is 16.7 Å². The summed E-state index contributed by atoms with van der Waals surface area (Å²) >= 11 is 3.01. The van der Waals surface area contributed by atoms with E-state index in [0.717, 1.165) is 0 Å². The molecule has 0 spiro atoms. The molecule has 1 heterocycles. The Morgan fingerprint density at radius 1 is 1.62 bits per heavy atom. The van der Waals surface area contributed by atoms with E-state index in [-0.39, 0.29) is 10.8 Å². The van der Waals surface area contributed by atoms with Gasteiger partial charge in [0.15, 0.2) is 0 Å². The highest BCUT2D eigenvalue weighted by Gasteiger charge is 2.15. The van der Waals surface area contributed by atoms with Gasteiger partial charge in [0.25, 0.3) is 9.05 Å². The molecule has 4 nitrogen and oxygen atoms in total. The van der Waals surface area contributed by atoms with Crippen LogP contribution >= 0.6 is 26.6 Å². The monoisotopic (exact) mass is 285 g/mol. The molecule has 72 valence electrons. The molecule has 1 rings (SSSR count). The number of hydrogen-bond donors (Lipinski definition) is 0. The maximum Gasteiger partial charge on any atom is 0.262 e. The number of aromatic nitrogens is 1. The molecule has 0 unspecified atom stereocenters. The average molecular weight is 287 g/mol. The van der Waals surface area contributed by atoms with Crippen LogP contribution in [0.2, 0.25) is 0 Å². The minimum absolute atomic E-state index is 0.0546. The molecule has 0 amide bonds. The minimum atomic E-state index is -3.76. The second-order valence-electron chi connectivity index (χ2n) is 2.09. The third-order valence-electron chi connectivity index (χ3n) is 1.27. The van der Waals surface area contributed by atoms with Crippen LogP contribution in [0.15, 0.2) is 21.6 Å². The molecule has 0 aliphatic heterocycles. The zero-order chi connectivity index (χ0) is 10.1. The predicted octanol–water partition coefficient (Wildman–Crippen LogP) is 1.78. The summed E-state index contributed by atoms with van der Waals surface area (Å²) in [6.45, 7) is 0. The molecule has 0 saturated carbocycles. The Hall–Kier alpha value is -0.330. The van der Waals surface area contributed by atoms with E-state index in [1.165, 1.54) is 19.4 Å². The molecule has 0 aromatic carbocycles. The van der Waals surface area contributed by atoms with Crippen molar-refractivity contribution in [2.45, 2.75) is 4.90 Å². The molecule has 0 N–H and O–H groups in total. The zero-order valence-electron chi connectivity index (χ0n) is 6.49. The van der Waals surface area contributed by atoms with Crippen molar-refractivity contribution in [3.63, 3.8) is 0 Å². The van der Waals surface area contributed by atoms with Crippen LogP contribution in [0, 0.1) is 0 Å². The molecule has 1 aromatic rings. The predicted molar refractivity (Wildman–Crippen MR) is 51.5 cm³/mol. The number of pyridine rings is 1. The zero-order valence-corrected chi connectivity index (χ0v) is 9.65. The van der Waals surface area contributed by atoms with E-state index in [4.69, 9.17) is 15.4 Å². The highest BCUT2D eigenvalue weighted by Crippen LogP contribution is 2.26. The standard InChI is InChI=1S/C6H5BrClNO3S/c1-12-6-2-5(13(8,10)11)4(7)3-9-6/h2-3H,1H3. The number of methoxy groups -OCH3 is 1. The smallest absolute Gasteiger partial charge is 0.262 e. The van der Waals surface area contributed by atoms with Gasteiger partial charge in [-0.15, -0.1) is 0 Å². The van der Waals surface area contributed by atoms with Crippen molar-refractivity contribution in [2.75, 3.05) is 7.11 Å². The molecule has 0 fully saturated rings. The summed E-state index contributed by atoms with van der Waals surface area (Å²) in [4.78, 5) is 3.72. The van der Waals surface area contributed by atoms with Crippen LogP contribution in [0.4, 0.5) is 0 Å². The van der Waals surface area contributed by atoms with Gasteiger partial charge in [-0.25, -0.2) is 13.4 Å². The first kappa shape index (κ1) is 10.7. The van der Waals surface area contributed by atoms with Gasteiger partial charge in [-0.3, -0.25) is 0 Å². The van der Waals surface area contributed by atoms with Gasteiger partial charge in [0, 0.05) is 22.9 Å². The van der Waals surface area contributed by atoms with Gasteiger partial charge in [-0.2, -0.15) is 0 Å². The fourth-order valence-electron chi connectivity index (χ4n) is 0.701.